The molecule has 2 aliphatic carbocycles. The largest absolute Gasteiger partial charge is 0.303 e. The van der Waals surface area contributed by atoms with E-state index >= 15 is 0 Å². The van der Waals surface area contributed by atoms with Gasteiger partial charge in [-0.1, -0.05) is 13.8 Å². The van der Waals surface area contributed by atoms with Crippen molar-refractivity contribution in [3.63, 3.8) is 0 Å². The standard InChI is InChI=1S/C15H20N2O2/c1-9-12-5-4-10-7-17(3)16-14(10)15(12,2)6-11(8-18)13(9)19/h7-9,11-12H,4-6H2,1-3H3/t9-,11?,12-,15-/m0/s1. The van der Waals surface area contributed by atoms with Gasteiger partial charge < -0.3 is 4.79 Å². The van der Waals surface area contributed by atoms with Gasteiger partial charge in [0, 0.05) is 24.6 Å². The van der Waals surface area contributed by atoms with Gasteiger partial charge in [-0.2, -0.15) is 5.10 Å². The molecule has 1 aromatic heterocycles. The Morgan fingerprint density at radius 3 is 2.95 bits per heavy atom. The van der Waals surface area contributed by atoms with Crippen molar-refractivity contribution >= 4 is 12.1 Å². The smallest absolute Gasteiger partial charge is 0.146 e. The van der Waals surface area contributed by atoms with Gasteiger partial charge in [-0.3, -0.25) is 9.48 Å². The molecule has 4 heteroatoms. The highest BCUT2D eigenvalue weighted by Crippen LogP contribution is 2.51. The monoisotopic (exact) mass is 260 g/mol. The van der Waals surface area contributed by atoms with Gasteiger partial charge in [-0.25, -0.2) is 0 Å². The number of aryl methyl sites for hydroxylation is 2. The number of nitrogens with zero attached hydrogens (tertiary/aromatic N) is 2. The van der Waals surface area contributed by atoms with Crippen LogP contribution in [0.4, 0.5) is 0 Å². The third-order valence-electron chi connectivity index (χ3n) is 5.21. The summed E-state index contributed by atoms with van der Waals surface area (Å²) in [6.45, 7) is 4.16. The second-order valence-electron chi connectivity index (χ2n) is 6.38. The van der Waals surface area contributed by atoms with Crippen LogP contribution in [-0.4, -0.2) is 21.8 Å². The van der Waals surface area contributed by atoms with Crippen LogP contribution in [-0.2, 0) is 28.5 Å². The lowest BCUT2D eigenvalue weighted by atomic mass is 9.54. The van der Waals surface area contributed by atoms with E-state index in [1.807, 2.05) is 18.7 Å². The molecule has 1 unspecified atom stereocenters. The fourth-order valence-corrected chi connectivity index (χ4v) is 4.27. The van der Waals surface area contributed by atoms with Crippen LogP contribution < -0.4 is 0 Å². The highest BCUT2D eigenvalue weighted by molar-refractivity contribution is 5.96. The van der Waals surface area contributed by atoms with E-state index in [0.717, 1.165) is 24.8 Å². The molecular formula is C15H20N2O2. The number of ketones is 1. The lowest BCUT2D eigenvalue weighted by Crippen LogP contribution is -2.50. The average molecular weight is 260 g/mol. The maximum absolute atomic E-state index is 12.2. The Bertz CT molecular complexity index is 548. The number of Topliss-reactive ketones (excluding diaryl/α,β-unsaturated/α-hetero) is 1. The molecule has 4 nitrogen and oxygen atoms in total. The summed E-state index contributed by atoms with van der Waals surface area (Å²) in [6, 6.07) is 0. The minimum atomic E-state index is -0.454. The molecule has 0 N–H and O–H groups in total. The number of fused-ring (bicyclic) bond motifs is 3. The summed E-state index contributed by atoms with van der Waals surface area (Å²) in [5.41, 5.74) is 2.26. The Balaban J connectivity index is 2.10. The Morgan fingerprint density at radius 2 is 2.26 bits per heavy atom. The third-order valence-corrected chi connectivity index (χ3v) is 5.21. The normalized spacial score (nSPS) is 37.6. The lowest BCUT2D eigenvalue weighted by Gasteiger charge is -2.48. The minimum Gasteiger partial charge on any atom is -0.303 e. The molecule has 1 saturated carbocycles. The van der Waals surface area contributed by atoms with Crippen molar-refractivity contribution in [1.82, 2.24) is 9.78 Å². The summed E-state index contributed by atoms with van der Waals surface area (Å²) in [7, 11) is 1.94. The number of carbonyl (C=O) groups excluding carboxylic acids is 2. The predicted molar refractivity (Wildman–Crippen MR) is 70.7 cm³/mol. The maximum Gasteiger partial charge on any atom is 0.146 e. The van der Waals surface area contributed by atoms with Gasteiger partial charge in [-0.05, 0) is 30.7 Å². The Kier molecular flexibility index (Phi) is 2.66. The second kappa shape index (κ2) is 4.02. The summed E-state index contributed by atoms with van der Waals surface area (Å²) >= 11 is 0. The van der Waals surface area contributed by atoms with E-state index in [4.69, 9.17) is 0 Å². The Morgan fingerprint density at radius 1 is 1.53 bits per heavy atom. The number of hydrogen-bond acceptors (Lipinski definition) is 3. The summed E-state index contributed by atoms with van der Waals surface area (Å²) in [6.07, 6.45) is 5.54. The molecule has 1 fully saturated rings. The highest BCUT2D eigenvalue weighted by Gasteiger charge is 2.52. The number of carbonyl (C=O) groups is 2. The highest BCUT2D eigenvalue weighted by atomic mass is 16.1. The number of hydrogen-bond donors (Lipinski definition) is 0. The average Bonchev–Trinajstić information content (AvgIpc) is 2.76. The van der Waals surface area contributed by atoms with E-state index in [2.05, 4.69) is 18.2 Å². The van der Waals surface area contributed by atoms with Crippen molar-refractivity contribution in [2.45, 2.75) is 38.5 Å². The predicted octanol–water partition coefficient (Wildman–Crippen LogP) is 1.66. The molecule has 1 heterocycles. The lowest BCUT2D eigenvalue weighted by molar-refractivity contribution is -0.137. The first-order valence-corrected chi connectivity index (χ1v) is 6.99. The van der Waals surface area contributed by atoms with Crippen LogP contribution in [0.15, 0.2) is 6.20 Å². The molecule has 1 aromatic rings. The molecule has 19 heavy (non-hydrogen) atoms. The van der Waals surface area contributed by atoms with Crippen molar-refractivity contribution in [2.24, 2.45) is 24.8 Å². The maximum atomic E-state index is 12.2. The van der Waals surface area contributed by atoms with E-state index in [9.17, 15) is 9.59 Å². The van der Waals surface area contributed by atoms with Crippen LogP contribution in [0.25, 0.3) is 0 Å². The van der Waals surface area contributed by atoms with Gasteiger partial charge >= 0.3 is 0 Å². The number of aldehydes is 1. The van der Waals surface area contributed by atoms with Crippen molar-refractivity contribution < 1.29 is 9.59 Å². The number of aromatic nitrogens is 2. The summed E-state index contributed by atoms with van der Waals surface area (Å²) in [5.74, 6) is -0.0521. The van der Waals surface area contributed by atoms with Gasteiger partial charge in [0.05, 0.1) is 11.6 Å². The van der Waals surface area contributed by atoms with Crippen molar-refractivity contribution in [3.05, 3.63) is 17.5 Å². The van der Waals surface area contributed by atoms with Crippen LogP contribution in [0.1, 0.15) is 37.9 Å². The fraction of sp³-hybridized carbons (Fsp3) is 0.667. The molecule has 0 aromatic carbocycles. The van der Waals surface area contributed by atoms with Crippen molar-refractivity contribution in [1.29, 1.82) is 0 Å². The summed E-state index contributed by atoms with van der Waals surface area (Å²) in [4.78, 5) is 23.4. The van der Waals surface area contributed by atoms with Crippen molar-refractivity contribution in [2.75, 3.05) is 0 Å². The quantitative estimate of drug-likeness (QED) is 0.570. The van der Waals surface area contributed by atoms with Crippen LogP contribution in [0.2, 0.25) is 0 Å². The molecular weight excluding hydrogens is 240 g/mol. The van der Waals surface area contributed by atoms with E-state index < -0.39 is 5.92 Å². The van der Waals surface area contributed by atoms with Crippen LogP contribution in [0.5, 0.6) is 0 Å². The molecule has 0 saturated heterocycles. The van der Waals surface area contributed by atoms with Gasteiger partial charge in [0.1, 0.15) is 12.1 Å². The minimum absolute atomic E-state index is 0.0379. The third kappa shape index (κ3) is 1.62. The van der Waals surface area contributed by atoms with Gasteiger partial charge in [0.15, 0.2) is 0 Å². The molecule has 0 amide bonds. The second-order valence-corrected chi connectivity index (χ2v) is 6.38. The zero-order chi connectivity index (χ0) is 13.8. The van der Waals surface area contributed by atoms with E-state index in [1.54, 1.807) is 0 Å². The van der Waals surface area contributed by atoms with Crippen LogP contribution >= 0.6 is 0 Å². The van der Waals surface area contributed by atoms with Crippen LogP contribution in [0, 0.1) is 17.8 Å². The molecule has 2 aliphatic rings. The Labute approximate surface area is 113 Å². The van der Waals surface area contributed by atoms with E-state index in [0.29, 0.717) is 12.3 Å². The molecule has 0 aliphatic heterocycles. The first-order valence-electron chi connectivity index (χ1n) is 6.99. The number of rotatable bonds is 1. The van der Waals surface area contributed by atoms with Gasteiger partial charge in [0.2, 0.25) is 0 Å². The molecule has 0 spiro atoms. The van der Waals surface area contributed by atoms with E-state index in [-0.39, 0.29) is 17.1 Å². The zero-order valence-corrected chi connectivity index (χ0v) is 11.7. The zero-order valence-electron chi connectivity index (χ0n) is 11.7. The molecule has 102 valence electrons. The van der Waals surface area contributed by atoms with Crippen molar-refractivity contribution in [3.8, 4) is 0 Å². The van der Waals surface area contributed by atoms with E-state index in [1.165, 1.54) is 5.56 Å². The SMILES string of the molecule is C[C@@H]1C(=O)C(C=O)C[C@]2(C)c3nn(C)cc3CC[C@@H]12. The Hall–Kier alpha value is -1.45. The topological polar surface area (TPSA) is 52.0 Å². The van der Waals surface area contributed by atoms with Crippen LogP contribution in [0.3, 0.4) is 0 Å². The van der Waals surface area contributed by atoms with Gasteiger partial charge in [-0.15, -0.1) is 0 Å². The fourth-order valence-electron chi connectivity index (χ4n) is 4.27. The molecule has 0 radical (unpaired) electrons. The molecule has 4 atom stereocenters. The first kappa shape index (κ1) is 12.6. The van der Waals surface area contributed by atoms with Gasteiger partial charge in [0.25, 0.3) is 0 Å². The first-order chi connectivity index (χ1) is 8.97. The summed E-state index contributed by atoms with van der Waals surface area (Å²) in [5, 5.41) is 4.62. The molecule has 3 rings (SSSR count). The summed E-state index contributed by atoms with van der Waals surface area (Å²) < 4.78 is 1.86. The molecule has 0 bridgehead atoms.